The first kappa shape index (κ1) is 19.9. The van der Waals surface area contributed by atoms with Crippen molar-refractivity contribution < 1.29 is 9.53 Å². The van der Waals surface area contributed by atoms with Crippen LogP contribution in [0.1, 0.15) is 48.2 Å². The van der Waals surface area contributed by atoms with E-state index in [0.29, 0.717) is 23.9 Å². The maximum absolute atomic E-state index is 12.2. The molecule has 0 aliphatic heterocycles. The third kappa shape index (κ3) is 4.89. The molecule has 1 aliphatic rings. The van der Waals surface area contributed by atoms with Crippen LogP contribution in [-0.2, 0) is 30.5 Å². The summed E-state index contributed by atoms with van der Waals surface area (Å²) >= 11 is 0. The van der Waals surface area contributed by atoms with E-state index in [4.69, 9.17) is 4.74 Å². The number of amides is 1. The number of nitrogens with one attached hydrogen (secondary N) is 1. The van der Waals surface area contributed by atoms with Crippen LogP contribution in [0, 0.1) is 17.2 Å². The van der Waals surface area contributed by atoms with Gasteiger partial charge in [-0.3, -0.25) is 4.79 Å². The fourth-order valence-electron chi connectivity index (χ4n) is 3.66. The Morgan fingerprint density at radius 3 is 2.71 bits per heavy atom. The topological polar surface area (TPSA) is 75.0 Å². The Hall–Kier alpha value is -2.87. The Bertz CT molecular complexity index is 870. The highest BCUT2D eigenvalue weighted by atomic mass is 16.5. The highest BCUT2D eigenvalue weighted by molar-refractivity contribution is 5.77. The molecule has 0 fully saturated rings. The van der Waals surface area contributed by atoms with Gasteiger partial charge in [0.1, 0.15) is 11.6 Å². The van der Waals surface area contributed by atoms with Crippen LogP contribution in [0.25, 0.3) is 0 Å². The zero-order valence-electron chi connectivity index (χ0n) is 16.6. The summed E-state index contributed by atoms with van der Waals surface area (Å²) in [5.41, 5.74) is 4.96. The van der Waals surface area contributed by atoms with E-state index >= 15 is 0 Å². The number of nitrogens with zero attached hydrogens (tertiary/aromatic N) is 2. The molecule has 0 unspecified atom stereocenters. The first-order valence-corrected chi connectivity index (χ1v) is 9.96. The minimum Gasteiger partial charge on any atom is -0.467 e. The van der Waals surface area contributed by atoms with Gasteiger partial charge in [-0.05, 0) is 54.7 Å². The largest absolute Gasteiger partial charge is 0.467 e. The van der Waals surface area contributed by atoms with Gasteiger partial charge in [0.25, 0.3) is 5.91 Å². The number of aromatic nitrogens is 1. The van der Waals surface area contributed by atoms with E-state index in [1.165, 1.54) is 11.1 Å². The minimum atomic E-state index is -0.201. The summed E-state index contributed by atoms with van der Waals surface area (Å²) in [5.74, 6) is 0.573. The Morgan fingerprint density at radius 1 is 1.25 bits per heavy atom. The Balaban J connectivity index is 1.63. The van der Waals surface area contributed by atoms with Crippen molar-refractivity contribution in [3.63, 3.8) is 0 Å². The molecule has 28 heavy (non-hydrogen) atoms. The summed E-state index contributed by atoms with van der Waals surface area (Å²) in [7, 11) is 0. The van der Waals surface area contributed by atoms with Crippen LogP contribution in [0.2, 0.25) is 0 Å². The van der Waals surface area contributed by atoms with Gasteiger partial charge in [-0.25, -0.2) is 4.98 Å². The highest BCUT2D eigenvalue weighted by Crippen LogP contribution is 2.33. The van der Waals surface area contributed by atoms with Crippen LogP contribution in [0.4, 0.5) is 0 Å². The van der Waals surface area contributed by atoms with Gasteiger partial charge in [-0.1, -0.05) is 44.2 Å². The van der Waals surface area contributed by atoms with Crippen molar-refractivity contribution in [1.82, 2.24) is 10.3 Å². The number of carbonyl (C=O) groups excluding carboxylic acids is 1. The van der Waals surface area contributed by atoms with Gasteiger partial charge in [0.2, 0.25) is 5.88 Å². The van der Waals surface area contributed by atoms with Crippen LogP contribution in [0.15, 0.2) is 30.3 Å². The summed E-state index contributed by atoms with van der Waals surface area (Å²) in [4.78, 5) is 16.8. The van der Waals surface area contributed by atoms with Gasteiger partial charge < -0.3 is 10.1 Å². The number of rotatable bonds is 8. The second kappa shape index (κ2) is 9.36. The summed E-state index contributed by atoms with van der Waals surface area (Å²) in [6, 6.07) is 12.3. The molecule has 0 bridgehead atoms. The smallest absolute Gasteiger partial charge is 0.258 e. The van der Waals surface area contributed by atoms with Gasteiger partial charge in [0, 0.05) is 12.2 Å². The Kier molecular flexibility index (Phi) is 6.65. The molecule has 0 saturated carbocycles. The number of hydrogen-bond acceptors (Lipinski definition) is 4. The molecule has 3 rings (SSSR count). The Morgan fingerprint density at radius 2 is 2.00 bits per heavy atom. The molecule has 146 valence electrons. The summed E-state index contributed by atoms with van der Waals surface area (Å²) < 4.78 is 5.69. The van der Waals surface area contributed by atoms with E-state index in [-0.39, 0.29) is 12.5 Å². The van der Waals surface area contributed by atoms with Crippen LogP contribution >= 0.6 is 0 Å². The zero-order chi connectivity index (χ0) is 19.9. The fraction of sp³-hybridized carbons (Fsp3) is 0.435. The average molecular weight is 377 g/mol. The van der Waals surface area contributed by atoms with E-state index in [1.54, 1.807) is 0 Å². The molecule has 5 nitrogen and oxygen atoms in total. The third-order valence-electron chi connectivity index (χ3n) is 4.95. The predicted molar refractivity (Wildman–Crippen MR) is 108 cm³/mol. The number of fused-ring (bicyclic) bond motifs is 1. The number of benzene rings is 1. The molecule has 0 atom stereocenters. The highest BCUT2D eigenvalue weighted by Gasteiger charge is 2.24. The number of hydrogen-bond donors (Lipinski definition) is 1. The second-order valence-corrected chi connectivity index (χ2v) is 7.63. The lowest BCUT2D eigenvalue weighted by atomic mass is 9.98. The first-order valence-electron chi connectivity index (χ1n) is 9.96. The van der Waals surface area contributed by atoms with Crippen molar-refractivity contribution in [2.45, 2.75) is 46.0 Å². The molecule has 2 aromatic rings. The SMILES string of the molecule is CC(C)Cc1nc(OCC(=O)NCCc2ccccc2)c(C#N)c2c1CCC2. The molecule has 1 heterocycles. The summed E-state index contributed by atoms with van der Waals surface area (Å²) in [6.45, 7) is 4.73. The van der Waals surface area contributed by atoms with Crippen LogP contribution in [0.5, 0.6) is 5.88 Å². The fourth-order valence-corrected chi connectivity index (χ4v) is 3.66. The Labute approximate surface area is 166 Å². The van der Waals surface area contributed by atoms with Gasteiger partial charge in [-0.15, -0.1) is 0 Å². The van der Waals surface area contributed by atoms with E-state index in [0.717, 1.165) is 43.4 Å². The molecule has 1 amide bonds. The molecule has 1 aliphatic carbocycles. The van der Waals surface area contributed by atoms with Gasteiger partial charge >= 0.3 is 0 Å². The monoisotopic (exact) mass is 377 g/mol. The number of ether oxygens (including phenoxy) is 1. The summed E-state index contributed by atoms with van der Waals surface area (Å²) in [5, 5.41) is 12.5. The maximum atomic E-state index is 12.2. The summed E-state index contributed by atoms with van der Waals surface area (Å²) in [6.07, 6.45) is 4.52. The van der Waals surface area contributed by atoms with Gasteiger partial charge in [0.15, 0.2) is 6.61 Å². The number of nitriles is 1. The lowest BCUT2D eigenvalue weighted by Gasteiger charge is -2.15. The maximum Gasteiger partial charge on any atom is 0.258 e. The van der Waals surface area contributed by atoms with E-state index in [1.807, 2.05) is 30.3 Å². The molecule has 1 aromatic carbocycles. The molecule has 0 radical (unpaired) electrons. The third-order valence-corrected chi connectivity index (χ3v) is 4.95. The molecular formula is C23H27N3O2. The molecule has 5 heteroatoms. The lowest BCUT2D eigenvalue weighted by molar-refractivity contribution is -0.123. The van der Waals surface area contributed by atoms with Crippen LogP contribution in [-0.4, -0.2) is 24.0 Å². The average Bonchev–Trinajstić information content (AvgIpc) is 3.17. The molecular weight excluding hydrogens is 350 g/mol. The second-order valence-electron chi connectivity index (χ2n) is 7.63. The minimum absolute atomic E-state index is 0.129. The first-order chi connectivity index (χ1) is 13.6. The number of carbonyl (C=O) groups is 1. The van der Waals surface area contributed by atoms with Crippen molar-refractivity contribution in [3.05, 3.63) is 58.3 Å². The van der Waals surface area contributed by atoms with E-state index in [2.05, 4.69) is 30.2 Å². The predicted octanol–water partition coefficient (Wildman–Crippen LogP) is 3.38. The van der Waals surface area contributed by atoms with E-state index in [9.17, 15) is 10.1 Å². The van der Waals surface area contributed by atoms with Crippen LogP contribution < -0.4 is 10.1 Å². The van der Waals surface area contributed by atoms with Gasteiger partial charge in [0.05, 0.1) is 0 Å². The quantitative estimate of drug-likeness (QED) is 0.765. The van der Waals surface area contributed by atoms with E-state index < -0.39 is 0 Å². The molecule has 1 aromatic heterocycles. The molecule has 0 saturated heterocycles. The normalized spacial score (nSPS) is 12.5. The van der Waals surface area contributed by atoms with Crippen molar-refractivity contribution in [2.24, 2.45) is 5.92 Å². The number of pyridine rings is 1. The lowest BCUT2D eigenvalue weighted by Crippen LogP contribution is -2.31. The van der Waals surface area contributed by atoms with Crippen molar-refractivity contribution >= 4 is 5.91 Å². The van der Waals surface area contributed by atoms with Gasteiger partial charge in [-0.2, -0.15) is 5.26 Å². The van der Waals surface area contributed by atoms with Crippen LogP contribution in [0.3, 0.4) is 0 Å². The van der Waals surface area contributed by atoms with Crippen molar-refractivity contribution in [3.8, 4) is 11.9 Å². The van der Waals surface area contributed by atoms with Crippen molar-refractivity contribution in [1.29, 1.82) is 5.26 Å². The zero-order valence-corrected chi connectivity index (χ0v) is 16.6. The molecule has 1 N–H and O–H groups in total. The molecule has 0 spiro atoms. The van der Waals surface area contributed by atoms with Crippen molar-refractivity contribution in [2.75, 3.05) is 13.2 Å². The standard InChI is InChI=1S/C23H27N3O2/c1-16(2)13-21-19-10-6-9-18(19)20(14-24)23(26-21)28-15-22(27)25-12-11-17-7-4-3-5-8-17/h3-5,7-8,16H,6,9-13,15H2,1-2H3,(H,25,27).